The van der Waals surface area contributed by atoms with Gasteiger partial charge in [-0.1, -0.05) is 6.08 Å². The Hall–Kier alpha value is -1.05. The van der Waals surface area contributed by atoms with E-state index < -0.39 is 0 Å². The van der Waals surface area contributed by atoms with E-state index in [1.165, 1.54) is 5.57 Å². The van der Waals surface area contributed by atoms with E-state index in [1.807, 2.05) is 33.8 Å². The topological polar surface area (TPSA) is 38.4 Å². The zero-order valence-corrected chi connectivity index (χ0v) is 7.68. The number of nitrogens with two attached hydrogens (primary N) is 1. The van der Waals surface area contributed by atoms with E-state index in [2.05, 4.69) is 4.99 Å². The molecular weight excluding hydrogens is 136 g/mol. The summed E-state index contributed by atoms with van der Waals surface area (Å²) in [6, 6.07) is 0. The normalized spacial score (nSPS) is 15.5. The second-order valence-corrected chi connectivity index (χ2v) is 2.56. The fraction of sp³-hybridized carbons (Fsp3) is 0.444. The third kappa shape index (κ3) is 4.37. The lowest BCUT2D eigenvalue weighted by Crippen LogP contribution is -1.93. The molecule has 0 amide bonds. The van der Waals surface area contributed by atoms with Gasteiger partial charge in [0.1, 0.15) is 0 Å². The van der Waals surface area contributed by atoms with Crippen LogP contribution < -0.4 is 5.73 Å². The molecule has 0 saturated heterocycles. The van der Waals surface area contributed by atoms with Gasteiger partial charge in [0, 0.05) is 17.6 Å². The Morgan fingerprint density at radius 2 is 1.82 bits per heavy atom. The van der Waals surface area contributed by atoms with E-state index >= 15 is 0 Å². The molecule has 0 aliphatic carbocycles. The Labute approximate surface area is 68.5 Å². The molecule has 2 N–H and O–H groups in total. The van der Waals surface area contributed by atoms with Crippen molar-refractivity contribution in [1.82, 2.24) is 0 Å². The molecule has 0 fully saturated rings. The minimum Gasteiger partial charge on any atom is -0.401 e. The average Bonchev–Trinajstić information content (AvgIpc) is 1.98. The number of allylic oxidation sites excluding steroid dienone is 3. The highest BCUT2D eigenvalue weighted by molar-refractivity contribution is 5.97. The van der Waals surface area contributed by atoms with Crippen molar-refractivity contribution >= 4 is 5.71 Å². The first kappa shape index (κ1) is 9.95. The lowest BCUT2D eigenvalue weighted by Gasteiger charge is -1.96. The summed E-state index contributed by atoms with van der Waals surface area (Å²) in [5.74, 6) is 0. The van der Waals surface area contributed by atoms with Crippen LogP contribution in [0.15, 0.2) is 28.5 Å². The van der Waals surface area contributed by atoms with E-state index in [0.717, 1.165) is 11.4 Å². The summed E-state index contributed by atoms with van der Waals surface area (Å²) in [7, 11) is 0. The highest BCUT2D eigenvalue weighted by Gasteiger charge is 1.89. The van der Waals surface area contributed by atoms with Gasteiger partial charge in [0.25, 0.3) is 0 Å². The van der Waals surface area contributed by atoms with Crippen LogP contribution in [0, 0.1) is 0 Å². The molecule has 11 heavy (non-hydrogen) atoms. The molecule has 0 bridgehead atoms. The minimum atomic E-state index is 0.730. The summed E-state index contributed by atoms with van der Waals surface area (Å²) >= 11 is 0. The molecule has 0 atom stereocenters. The van der Waals surface area contributed by atoms with Gasteiger partial charge >= 0.3 is 0 Å². The molecule has 0 saturated carbocycles. The molecule has 0 aromatic heterocycles. The van der Waals surface area contributed by atoms with Crippen molar-refractivity contribution in [3.8, 4) is 0 Å². The Morgan fingerprint density at radius 3 is 2.18 bits per heavy atom. The van der Waals surface area contributed by atoms with Crippen molar-refractivity contribution in [2.24, 2.45) is 10.7 Å². The molecule has 0 aliphatic heterocycles. The van der Waals surface area contributed by atoms with Crippen molar-refractivity contribution in [3.63, 3.8) is 0 Å². The van der Waals surface area contributed by atoms with E-state index in [0.29, 0.717) is 0 Å². The maximum absolute atomic E-state index is 5.42. The lowest BCUT2D eigenvalue weighted by molar-refractivity contribution is 1.27. The molecule has 0 aliphatic rings. The summed E-state index contributed by atoms with van der Waals surface area (Å²) in [6.45, 7) is 7.81. The quantitative estimate of drug-likeness (QED) is 0.605. The van der Waals surface area contributed by atoms with Crippen LogP contribution in [0.25, 0.3) is 0 Å². The summed E-state index contributed by atoms with van der Waals surface area (Å²) < 4.78 is 0. The first-order valence-corrected chi connectivity index (χ1v) is 3.68. The molecule has 0 spiro atoms. The van der Waals surface area contributed by atoms with E-state index in [9.17, 15) is 0 Å². The first-order valence-electron chi connectivity index (χ1n) is 3.68. The highest BCUT2D eigenvalue weighted by atomic mass is 14.7. The lowest BCUT2D eigenvalue weighted by atomic mass is 10.2. The van der Waals surface area contributed by atoms with Gasteiger partial charge in [-0.15, -0.1) is 0 Å². The van der Waals surface area contributed by atoms with Crippen molar-refractivity contribution in [2.75, 3.05) is 0 Å². The van der Waals surface area contributed by atoms with Crippen LogP contribution >= 0.6 is 0 Å². The number of hydrogen-bond donors (Lipinski definition) is 1. The van der Waals surface area contributed by atoms with E-state index in [-0.39, 0.29) is 0 Å². The fourth-order valence-electron chi connectivity index (χ4n) is 0.509. The van der Waals surface area contributed by atoms with E-state index in [4.69, 9.17) is 5.73 Å². The third-order valence-corrected chi connectivity index (χ3v) is 1.47. The summed E-state index contributed by atoms with van der Waals surface area (Å²) in [4.78, 5) is 4.16. The summed E-state index contributed by atoms with van der Waals surface area (Å²) in [6.07, 6.45) is 3.70. The van der Waals surface area contributed by atoms with Crippen LogP contribution in [0.2, 0.25) is 0 Å². The number of nitrogens with zero attached hydrogens (tertiary/aromatic N) is 1. The predicted molar refractivity (Wildman–Crippen MR) is 50.5 cm³/mol. The second kappa shape index (κ2) is 4.72. The standard InChI is InChI=1S/C9H16N2/c1-5-7(2)9(4)11-6-8(3)10/h5-6H,10H2,1-4H3/b7-5-,8-6-,11-9-. The van der Waals surface area contributed by atoms with Crippen molar-refractivity contribution < 1.29 is 0 Å². The maximum atomic E-state index is 5.42. The summed E-state index contributed by atoms with van der Waals surface area (Å²) in [5.41, 5.74) is 8.34. The van der Waals surface area contributed by atoms with Crippen molar-refractivity contribution in [2.45, 2.75) is 27.7 Å². The van der Waals surface area contributed by atoms with Crippen LogP contribution in [0.4, 0.5) is 0 Å². The molecule has 0 rings (SSSR count). The van der Waals surface area contributed by atoms with Gasteiger partial charge in [-0.05, 0) is 33.3 Å². The molecule has 0 heterocycles. The smallest absolute Gasteiger partial charge is 0.0455 e. The van der Waals surface area contributed by atoms with Gasteiger partial charge < -0.3 is 5.73 Å². The second-order valence-electron chi connectivity index (χ2n) is 2.56. The van der Waals surface area contributed by atoms with Gasteiger partial charge in [-0.2, -0.15) is 0 Å². The monoisotopic (exact) mass is 152 g/mol. The molecule has 0 unspecified atom stereocenters. The zero-order chi connectivity index (χ0) is 8.85. The average molecular weight is 152 g/mol. The van der Waals surface area contributed by atoms with Crippen molar-refractivity contribution in [3.05, 3.63) is 23.5 Å². The van der Waals surface area contributed by atoms with Crippen molar-refractivity contribution in [1.29, 1.82) is 0 Å². The number of aliphatic imine (C=N–C) groups is 1. The van der Waals surface area contributed by atoms with Gasteiger partial charge in [-0.25, -0.2) is 0 Å². The van der Waals surface area contributed by atoms with Gasteiger partial charge in [0.2, 0.25) is 0 Å². The number of rotatable bonds is 2. The fourth-order valence-corrected chi connectivity index (χ4v) is 0.509. The predicted octanol–water partition coefficient (Wildman–Crippen LogP) is 2.23. The Morgan fingerprint density at radius 1 is 1.27 bits per heavy atom. The largest absolute Gasteiger partial charge is 0.401 e. The first-order chi connectivity index (χ1) is 5.07. The van der Waals surface area contributed by atoms with Crippen LogP contribution in [0.3, 0.4) is 0 Å². The van der Waals surface area contributed by atoms with Gasteiger partial charge in [0.15, 0.2) is 0 Å². The SMILES string of the molecule is C\C=C(C)/C(C)=N\C=C(\C)N. The zero-order valence-electron chi connectivity index (χ0n) is 7.68. The molecule has 0 aromatic rings. The van der Waals surface area contributed by atoms with E-state index in [1.54, 1.807) is 6.20 Å². The molecular formula is C9H16N2. The Kier molecular flexibility index (Phi) is 4.27. The molecule has 2 heteroatoms. The molecule has 62 valence electrons. The van der Waals surface area contributed by atoms with Crippen LogP contribution in [-0.4, -0.2) is 5.71 Å². The Balaban J connectivity index is 4.36. The molecule has 0 radical (unpaired) electrons. The molecule has 0 aromatic carbocycles. The Bertz CT molecular complexity index is 206. The van der Waals surface area contributed by atoms with Crippen LogP contribution in [0.1, 0.15) is 27.7 Å². The minimum absolute atomic E-state index is 0.730. The molecule has 2 nitrogen and oxygen atoms in total. The van der Waals surface area contributed by atoms with Gasteiger partial charge in [0.05, 0.1) is 0 Å². The third-order valence-electron chi connectivity index (χ3n) is 1.47. The summed E-state index contributed by atoms with van der Waals surface area (Å²) in [5, 5.41) is 0. The van der Waals surface area contributed by atoms with Crippen LogP contribution in [0.5, 0.6) is 0 Å². The van der Waals surface area contributed by atoms with Crippen LogP contribution in [-0.2, 0) is 0 Å². The van der Waals surface area contributed by atoms with Gasteiger partial charge in [-0.3, -0.25) is 4.99 Å². The maximum Gasteiger partial charge on any atom is 0.0455 e. The highest BCUT2D eigenvalue weighted by Crippen LogP contribution is 1.96. The number of hydrogen-bond acceptors (Lipinski definition) is 2.